The van der Waals surface area contributed by atoms with Gasteiger partial charge in [-0.05, 0) is 12.3 Å². The molecule has 0 aliphatic heterocycles. The van der Waals surface area contributed by atoms with E-state index < -0.39 is 10.1 Å². The molecular weight excluding hydrogens is 200 g/mol. The van der Waals surface area contributed by atoms with Crippen LogP contribution in [0.4, 0.5) is 0 Å². The summed E-state index contributed by atoms with van der Waals surface area (Å²) in [6.45, 7) is 4.04. The predicted octanol–water partition coefficient (Wildman–Crippen LogP) is 2.87. The molecule has 0 aliphatic carbocycles. The Kier molecular flexibility index (Phi) is 7.19. The molecule has 0 saturated carbocycles. The molecule has 0 aromatic carbocycles. The Hall–Kier alpha value is -0.0900. The first-order valence-corrected chi connectivity index (χ1v) is 7.01. The van der Waals surface area contributed by atoms with Gasteiger partial charge in [-0.2, -0.15) is 8.42 Å². The third-order valence-electron chi connectivity index (χ3n) is 2.30. The second-order valence-corrected chi connectivity index (χ2v) is 5.55. The summed E-state index contributed by atoms with van der Waals surface area (Å²) >= 11 is 0. The summed E-state index contributed by atoms with van der Waals surface area (Å²) in [7, 11) is -3.77. The summed E-state index contributed by atoms with van der Waals surface area (Å²) in [4.78, 5) is 0. The molecule has 14 heavy (non-hydrogen) atoms. The van der Waals surface area contributed by atoms with Crippen LogP contribution >= 0.6 is 0 Å². The summed E-state index contributed by atoms with van der Waals surface area (Å²) in [5.74, 6) is -0.0209. The third-order valence-corrected chi connectivity index (χ3v) is 3.29. The van der Waals surface area contributed by atoms with Crippen molar-refractivity contribution in [2.75, 3.05) is 5.75 Å². The fourth-order valence-corrected chi connectivity index (χ4v) is 2.42. The van der Waals surface area contributed by atoms with Gasteiger partial charge in [0, 0.05) is 0 Å². The average Bonchev–Trinajstić information content (AvgIpc) is 2.00. The van der Waals surface area contributed by atoms with Gasteiger partial charge in [0.15, 0.2) is 0 Å². The van der Waals surface area contributed by atoms with Gasteiger partial charge in [0.05, 0.1) is 5.75 Å². The summed E-state index contributed by atoms with van der Waals surface area (Å²) in [6, 6.07) is 0. The van der Waals surface area contributed by atoms with Gasteiger partial charge in [-0.15, -0.1) is 0 Å². The van der Waals surface area contributed by atoms with Crippen molar-refractivity contribution >= 4 is 10.1 Å². The molecule has 3 nitrogen and oxygen atoms in total. The zero-order chi connectivity index (χ0) is 11.0. The molecule has 1 atom stereocenters. The third kappa shape index (κ3) is 9.99. The fraction of sp³-hybridized carbons (Fsp3) is 1.00. The van der Waals surface area contributed by atoms with Crippen molar-refractivity contribution in [1.29, 1.82) is 0 Å². The van der Waals surface area contributed by atoms with Crippen molar-refractivity contribution < 1.29 is 13.0 Å². The minimum Gasteiger partial charge on any atom is -0.286 e. The van der Waals surface area contributed by atoms with E-state index in [2.05, 4.69) is 6.92 Å². The molecule has 1 N–H and O–H groups in total. The standard InChI is InChI=1S/C10H22O3S/c1-3-4-5-6-7-8-10(2)9-14(11,12)13/h10H,3-9H2,1-2H3,(H,11,12,13). The topological polar surface area (TPSA) is 54.4 Å². The molecule has 0 amide bonds. The van der Waals surface area contributed by atoms with Gasteiger partial charge in [0.25, 0.3) is 10.1 Å². The summed E-state index contributed by atoms with van der Waals surface area (Å²) in [5, 5.41) is 0. The van der Waals surface area contributed by atoms with Crippen molar-refractivity contribution in [3.05, 3.63) is 0 Å². The van der Waals surface area contributed by atoms with Crippen LogP contribution in [0.1, 0.15) is 52.4 Å². The second kappa shape index (κ2) is 7.23. The van der Waals surface area contributed by atoms with E-state index in [1.165, 1.54) is 25.7 Å². The molecule has 0 aromatic rings. The normalized spacial score (nSPS) is 14.2. The smallest absolute Gasteiger partial charge is 0.265 e. The highest BCUT2D eigenvalue weighted by Crippen LogP contribution is 2.12. The first kappa shape index (κ1) is 13.9. The largest absolute Gasteiger partial charge is 0.286 e. The molecule has 4 heteroatoms. The number of unbranched alkanes of at least 4 members (excludes halogenated alkanes) is 4. The SMILES string of the molecule is CCCCCCCC(C)CS(=O)(=O)O. The van der Waals surface area contributed by atoms with Crippen LogP contribution in [0, 0.1) is 5.92 Å². The van der Waals surface area contributed by atoms with Crippen LogP contribution in [0.5, 0.6) is 0 Å². The van der Waals surface area contributed by atoms with Crippen LogP contribution < -0.4 is 0 Å². The molecule has 86 valence electrons. The fourth-order valence-electron chi connectivity index (χ4n) is 1.54. The quantitative estimate of drug-likeness (QED) is 0.507. The van der Waals surface area contributed by atoms with Gasteiger partial charge in [-0.3, -0.25) is 4.55 Å². The van der Waals surface area contributed by atoms with E-state index in [0.29, 0.717) is 0 Å². The Bertz CT molecular complexity index is 222. The van der Waals surface area contributed by atoms with Gasteiger partial charge >= 0.3 is 0 Å². The molecule has 0 rings (SSSR count). The van der Waals surface area contributed by atoms with Crippen molar-refractivity contribution in [3.63, 3.8) is 0 Å². The second-order valence-electron chi connectivity index (χ2n) is 4.06. The van der Waals surface area contributed by atoms with Gasteiger partial charge in [0.1, 0.15) is 0 Å². The zero-order valence-electron chi connectivity index (χ0n) is 9.20. The van der Waals surface area contributed by atoms with Crippen LogP contribution in [-0.2, 0) is 10.1 Å². The van der Waals surface area contributed by atoms with Crippen molar-refractivity contribution in [3.8, 4) is 0 Å². The van der Waals surface area contributed by atoms with Crippen LogP contribution in [0.15, 0.2) is 0 Å². The van der Waals surface area contributed by atoms with Crippen LogP contribution in [0.3, 0.4) is 0 Å². The predicted molar refractivity (Wildman–Crippen MR) is 59.0 cm³/mol. The summed E-state index contributed by atoms with van der Waals surface area (Å²) < 4.78 is 29.7. The lowest BCUT2D eigenvalue weighted by atomic mass is 10.0. The molecule has 0 saturated heterocycles. The Morgan fingerprint density at radius 1 is 1.14 bits per heavy atom. The molecule has 1 unspecified atom stereocenters. The minimum absolute atomic E-state index is 0.0756. The highest BCUT2D eigenvalue weighted by atomic mass is 32.2. The maximum atomic E-state index is 10.5. The maximum Gasteiger partial charge on any atom is 0.265 e. The zero-order valence-corrected chi connectivity index (χ0v) is 10.0. The molecule has 0 heterocycles. The summed E-state index contributed by atoms with van der Waals surface area (Å²) in [6.07, 6.45) is 6.84. The van der Waals surface area contributed by atoms with Crippen molar-refractivity contribution in [2.24, 2.45) is 5.92 Å². The van der Waals surface area contributed by atoms with Crippen molar-refractivity contribution in [2.45, 2.75) is 52.4 Å². The number of rotatable bonds is 8. The van der Waals surface area contributed by atoms with E-state index in [4.69, 9.17) is 4.55 Å². The number of hydrogen-bond acceptors (Lipinski definition) is 2. The molecule has 0 aliphatic rings. The molecule has 0 bridgehead atoms. The molecule has 0 fully saturated rings. The van der Waals surface area contributed by atoms with Gasteiger partial charge < -0.3 is 0 Å². The van der Waals surface area contributed by atoms with E-state index in [1.54, 1.807) is 0 Å². The van der Waals surface area contributed by atoms with Crippen LogP contribution in [0.2, 0.25) is 0 Å². The van der Waals surface area contributed by atoms with E-state index in [9.17, 15) is 8.42 Å². The van der Waals surface area contributed by atoms with E-state index in [0.717, 1.165) is 12.8 Å². The molecule has 0 spiro atoms. The minimum atomic E-state index is -3.77. The van der Waals surface area contributed by atoms with Gasteiger partial charge in [-0.25, -0.2) is 0 Å². The lowest BCUT2D eigenvalue weighted by Gasteiger charge is -2.08. The van der Waals surface area contributed by atoms with Gasteiger partial charge in [0.2, 0.25) is 0 Å². The molecular formula is C10H22O3S. The van der Waals surface area contributed by atoms with E-state index >= 15 is 0 Å². The Balaban J connectivity index is 3.41. The highest BCUT2D eigenvalue weighted by molar-refractivity contribution is 7.85. The Morgan fingerprint density at radius 2 is 1.71 bits per heavy atom. The van der Waals surface area contributed by atoms with Gasteiger partial charge in [-0.1, -0.05) is 46.0 Å². The summed E-state index contributed by atoms with van der Waals surface area (Å²) in [5.41, 5.74) is 0. The Labute approximate surface area is 87.7 Å². The van der Waals surface area contributed by atoms with E-state index in [-0.39, 0.29) is 11.7 Å². The number of hydrogen-bond donors (Lipinski definition) is 1. The molecule has 0 radical (unpaired) electrons. The molecule has 0 aromatic heterocycles. The first-order chi connectivity index (χ1) is 6.45. The lowest BCUT2D eigenvalue weighted by molar-refractivity contribution is 0.455. The first-order valence-electron chi connectivity index (χ1n) is 5.41. The lowest BCUT2D eigenvalue weighted by Crippen LogP contribution is -2.12. The van der Waals surface area contributed by atoms with Crippen LogP contribution in [-0.4, -0.2) is 18.7 Å². The van der Waals surface area contributed by atoms with Crippen LogP contribution in [0.25, 0.3) is 0 Å². The highest BCUT2D eigenvalue weighted by Gasteiger charge is 2.11. The maximum absolute atomic E-state index is 10.5. The Morgan fingerprint density at radius 3 is 2.21 bits per heavy atom. The average molecular weight is 222 g/mol. The monoisotopic (exact) mass is 222 g/mol. The van der Waals surface area contributed by atoms with E-state index in [1.807, 2.05) is 6.92 Å². The van der Waals surface area contributed by atoms with Crippen molar-refractivity contribution in [1.82, 2.24) is 0 Å².